The number of hydrogen-bond acceptors (Lipinski definition) is 2. The summed E-state index contributed by atoms with van der Waals surface area (Å²) in [4.78, 5) is 0. The summed E-state index contributed by atoms with van der Waals surface area (Å²) in [5, 5.41) is 16.0. The van der Waals surface area contributed by atoms with Crippen molar-refractivity contribution in [2.75, 3.05) is 13.2 Å². The van der Waals surface area contributed by atoms with E-state index in [1.165, 1.54) is 12.5 Å². The predicted octanol–water partition coefficient (Wildman–Crippen LogP) is -0.318. The van der Waals surface area contributed by atoms with E-state index in [9.17, 15) is 0 Å². The van der Waals surface area contributed by atoms with Crippen molar-refractivity contribution in [1.29, 1.82) is 0 Å². The van der Waals surface area contributed by atoms with E-state index in [2.05, 4.69) is 13.5 Å². The molecule has 0 aromatic heterocycles. The predicted molar refractivity (Wildman–Crippen MR) is 51.1 cm³/mol. The van der Waals surface area contributed by atoms with Crippen molar-refractivity contribution >= 4 is 0 Å². The Bertz CT molecular complexity index is 58.1. The summed E-state index contributed by atoms with van der Waals surface area (Å²) >= 11 is 0. The maximum Gasteiger partial charge on any atom is 0.0609 e. The van der Waals surface area contributed by atoms with Crippen molar-refractivity contribution in [2.24, 2.45) is 0 Å². The SMILES string of the molecule is C=CCO.CCCCCO.O.O.[Ti]. The fourth-order valence-corrected chi connectivity index (χ4v) is 0.362. The molecule has 0 rings (SSSR count). The molecule has 0 fully saturated rings. The standard InChI is InChI=1S/C5H12O.C3H6O.2H2O.Ti/c1-2-3-4-5-6;1-2-3-4;;;/h6H,2-5H2,1H3;2,4H,1,3H2;2*1H2;. The average Bonchev–Trinajstić information content (AvgIpc) is 2.01. The van der Waals surface area contributed by atoms with E-state index in [-0.39, 0.29) is 39.3 Å². The molecular weight excluding hydrogens is 208 g/mol. The van der Waals surface area contributed by atoms with Crippen LogP contribution in [0.5, 0.6) is 0 Å². The first-order chi connectivity index (χ1) is 4.83. The van der Waals surface area contributed by atoms with Gasteiger partial charge in [-0.15, -0.1) is 6.58 Å². The van der Waals surface area contributed by atoms with Gasteiger partial charge in [0.05, 0.1) is 6.61 Å². The third-order valence-corrected chi connectivity index (χ3v) is 0.891. The van der Waals surface area contributed by atoms with E-state index < -0.39 is 0 Å². The molecule has 0 amide bonds. The Morgan fingerprint density at radius 2 is 1.54 bits per heavy atom. The van der Waals surface area contributed by atoms with E-state index >= 15 is 0 Å². The van der Waals surface area contributed by atoms with Crippen molar-refractivity contribution in [3.8, 4) is 0 Å². The van der Waals surface area contributed by atoms with Gasteiger partial charge < -0.3 is 21.2 Å². The fraction of sp³-hybridized carbons (Fsp3) is 0.750. The maximum atomic E-state index is 8.20. The molecule has 13 heavy (non-hydrogen) atoms. The topological polar surface area (TPSA) is 103 Å². The van der Waals surface area contributed by atoms with Crippen molar-refractivity contribution in [3.05, 3.63) is 12.7 Å². The van der Waals surface area contributed by atoms with Crippen LogP contribution < -0.4 is 0 Å². The first-order valence-electron chi connectivity index (χ1n) is 3.66. The second kappa shape index (κ2) is 39.6. The average molecular weight is 230 g/mol. The largest absolute Gasteiger partial charge is 0.412 e. The fourth-order valence-electron chi connectivity index (χ4n) is 0.362. The molecule has 0 spiro atoms. The van der Waals surface area contributed by atoms with Gasteiger partial charge in [-0.25, -0.2) is 0 Å². The molecule has 0 aromatic carbocycles. The Kier molecular flexibility index (Phi) is 88.9. The number of aliphatic hydroxyl groups excluding tert-OH is 2. The summed E-state index contributed by atoms with van der Waals surface area (Å²) in [6, 6.07) is 0. The van der Waals surface area contributed by atoms with Gasteiger partial charge in [-0.1, -0.05) is 25.8 Å². The quantitative estimate of drug-likeness (QED) is 0.392. The van der Waals surface area contributed by atoms with E-state index in [1.54, 1.807) is 0 Å². The molecule has 0 heterocycles. The molecule has 0 bridgehead atoms. The second-order valence-electron chi connectivity index (χ2n) is 1.90. The van der Waals surface area contributed by atoms with Crippen molar-refractivity contribution in [1.82, 2.24) is 0 Å². The monoisotopic (exact) mass is 230 g/mol. The van der Waals surface area contributed by atoms with E-state index in [4.69, 9.17) is 10.2 Å². The van der Waals surface area contributed by atoms with Crippen LogP contribution in [-0.2, 0) is 21.7 Å². The van der Waals surface area contributed by atoms with Gasteiger partial charge in [-0.2, -0.15) is 0 Å². The molecule has 0 aliphatic carbocycles. The van der Waals surface area contributed by atoms with Gasteiger partial charge in [0.15, 0.2) is 0 Å². The number of hydrogen-bond donors (Lipinski definition) is 2. The first-order valence-corrected chi connectivity index (χ1v) is 3.66. The minimum Gasteiger partial charge on any atom is -0.412 e. The number of rotatable bonds is 4. The second-order valence-corrected chi connectivity index (χ2v) is 1.90. The Morgan fingerprint density at radius 3 is 1.62 bits per heavy atom. The molecule has 0 atom stereocenters. The molecule has 5 heteroatoms. The van der Waals surface area contributed by atoms with Crippen LogP contribution in [0.15, 0.2) is 12.7 Å². The normalized spacial score (nSPS) is 6.08. The maximum absolute atomic E-state index is 8.20. The zero-order chi connectivity index (χ0) is 8.24. The molecule has 82 valence electrons. The van der Waals surface area contributed by atoms with Crippen LogP contribution in [0, 0.1) is 0 Å². The van der Waals surface area contributed by atoms with E-state index in [0.717, 1.165) is 12.8 Å². The Hall–Kier alpha value is 0.294. The molecule has 4 nitrogen and oxygen atoms in total. The Labute approximate surface area is 95.2 Å². The summed E-state index contributed by atoms with van der Waals surface area (Å²) < 4.78 is 0. The summed E-state index contributed by atoms with van der Waals surface area (Å²) in [6.07, 6.45) is 4.76. The number of unbranched alkanes of at least 4 members (excludes halogenated alkanes) is 2. The van der Waals surface area contributed by atoms with Gasteiger partial charge in [0, 0.05) is 28.3 Å². The molecule has 0 aromatic rings. The van der Waals surface area contributed by atoms with Crippen molar-refractivity contribution < 1.29 is 42.9 Å². The van der Waals surface area contributed by atoms with Crippen LogP contribution in [-0.4, -0.2) is 34.4 Å². The van der Waals surface area contributed by atoms with Crippen LogP contribution in [0.3, 0.4) is 0 Å². The van der Waals surface area contributed by atoms with Crippen molar-refractivity contribution in [2.45, 2.75) is 26.2 Å². The first kappa shape index (κ1) is 29.2. The van der Waals surface area contributed by atoms with Gasteiger partial charge in [-0.05, 0) is 6.42 Å². The summed E-state index contributed by atoms with van der Waals surface area (Å²) in [7, 11) is 0. The Balaban J connectivity index is -0.0000000279. The molecule has 0 saturated heterocycles. The van der Waals surface area contributed by atoms with Gasteiger partial charge >= 0.3 is 0 Å². The molecule has 0 radical (unpaired) electrons. The van der Waals surface area contributed by atoms with Crippen LogP contribution in [0.25, 0.3) is 0 Å². The third-order valence-electron chi connectivity index (χ3n) is 0.891. The van der Waals surface area contributed by atoms with Crippen molar-refractivity contribution in [3.63, 3.8) is 0 Å². The van der Waals surface area contributed by atoms with Gasteiger partial charge in [-0.3, -0.25) is 0 Å². The molecular formula is C8H22O4Ti. The molecule has 0 aliphatic heterocycles. The summed E-state index contributed by atoms with van der Waals surface area (Å²) in [5.74, 6) is 0. The summed E-state index contributed by atoms with van der Waals surface area (Å²) in [6.45, 7) is 5.79. The summed E-state index contributed by atoms with van der Waals surface area (Å²) in [5.41, 5.74) is 0. The van der Waals surface area contributed by atoms with Gasteiger partial charge in [0.25, 0.3) is 0 Å². The van der Waals surface area contributed by atoms with Crippen LogP contribution in [0.2, 0.25) is 0 Å². The Morgan fingerprint density at radius 1 is 1.15 bits per heavy atom. The van der Waals surface area contributed by atoms with Gasteiger partial charge in [0.2, 0.25) is 0 Å². The number of aliphatic hydroxyl groups is 2. The van der Waals surface area contributed by atoms with Crippen LogP contribution in [0.1, 0.15) is 26.2 Å². The van der Waals surface area contributed by atoms with Gasteiger partial charge in [0.1, 0.15) is 0 Å². The van der Waals surface area contributed by atoms with E-state index in [1.807, 2.05) is 0 Å². The van der Waals surface area contributed by atoms with E-state index in [0.29, 0.717) is 6.61 Å². The molecule has 6 N–H and O–H groups in total. The van der Waals surface area contributed by atoms with Crippen LogP contribution in [0.4, 0.5) is 0 Å². The zero-order valence-electron chi connectivity index (χ0n) is 8.21. The third kappa shape index (κ3) is 70.7. The minimum absolute atomic E-state index is 0. The molecule has 0 unspecified atom stereocenters. The van der Waals surface area contributed by atoms with Crippen LogP contribution >= 0.6 is 0 Å². The molecule has 0 saturated carbocycles. The zero-order valence-corrected chi connectivity index (χ0v) is 9.78. The smallest absolute Gasteiger partial charge is 0.0609 e. The molecule has 0 aliphatic rings. The minimum atomic E-state index is 0.